The van der Waals surface area contributed by atoms with E-state index in [2.05, 4.69) is 0 Å². The highest BCUT2D eigenvalue weighted by Gasteiger charge is 2.57. The van der Waals surface area contributed by atoms with E-state index in [0.29, 0.717) is 6.32 Å². The van der Waals surface area contributed by atoms with Crippen molar-refractivity contribution in [1.29, 1.82) is 0 Å². The second-order valence-electron chi connectivity index (χ2n) is 8.35. The molecule has 0 aromatic rings. The minimum absolute atomic E-state index is 0.402. The Morgan fingerprint density at radius 1 is 0.773 bits per heavy atom. The summed E-state index contributed by atoms with van der Waals surface area (Å²) < 4.78 is 23.9. The quantitative estimate of drug-likeness (QED) is 0.590. The molecule has 0 bridgehead atoms. The predicted molar refractivity (Wildman–Crippen MR) is 86.8 cm³/mol. The number of hydrogen-bond donors (Lipinski definition) is 0. The molecule has 0 spiro atoms. The summed E-state index contributed by atoms with van der Waals surface area (Å²) in [4.78, 5) is 11.6. The lowest BCUT2D eigenvalue weighted by molar-refractivity contribution is -0.108. The summed E-state index contributed by atoms with van der Waals surface area (Å²) >= 11 is 0. The van der Waals surface area contributed by atoms with Crippen molar-refractivity contribution >= 4 is 20.5 Å². The van der Waals surface area contributed by atoms with Crippen LogP contribution >= 0.6 is 0 Å². The zero-order valence-corrected chi connectivity index (χ0v) is 15.1. The molecule has 124 valence electrons. The normalized spacial score (nSPS) is 29.6. The third-order valence-corrected chi connectivity index (χ3v) is 5.56. The van der Waals surface area contributed by atoms with Gasteiger partial charge in [-0.05, 0) is 61.7 Å². The molecular weight excluding hydrogens is 282 g/mol. The average Bonchev–Trinajstić information content (AvgIpc) is 2.65. The van der Waals surface area contributed by atoms with Gasteiger partial charge in [-0.15, -0.1) is 0 Å². The minimum Gasteiger partial charge on any atom is -0.403 e. The van der Waals surface area contributed by atoms with Gasteiger partial charge in [0.1, 0.15) is 6.29 Å². The van der Waals surface area contributed by atoms with Crippen molar-refractivity contribution in [2.75, 3.05) is 0 Å². The molecule has 0 amide bonds. The van der Waals surface area contributed by atoms with Gasteiger partial charge in [-0.3, -0.25) is 0 Å². The molecule has 2 rings (SSSR count). The Morgan fingerprint density at radius 2 is 1.14 bits per heavy atom. The van der Waals surface area contributed by atoms with Gasteiger partial charge in [0.25, 0.3) is 0 Å². The summed E-state index contributed by atoms with van der Waals surface area (Å²) in [7, 11) is -0.999. The topological polar surface area (TPSA) is 54.0 Å². The maximum Gasteiger partial charge on any atom is 0.468 e. The van der Waals surface area contributed by atoms with Crippen LogP contribution in [0.25, 0.3) is 0 Å². The molecule has 2 aliphatic rings. The van der Waals surface area contributed by atoms with Gasteiger partial charge >= 0.3 is 14.2 Å². The summed E-state index contributed by atoms with van der Waals surface area (Å²) in [5, 5.41) is 0. The fourth-order valence-electron chi connectivity index (χ4n) is 2.58. The molecule has 5 nitrogen and oxygen atoms in total. The van der Waals surface area contributed by atoms with Crippen molar-refractivity contribution in [3.8, 4) is 0 Å². The van der Waals surface area contributed by atoms with Crippen molar-refractivity contribution in [3.05, 3.63) is 0 Å². The van der Waals surface area contributed by atoms with E-state index in [1.54, 1.807) is 0 Å². The Labute approximate surface area is 134 Å². The Balaban J connectivity index is 2.05. The van der Waals surface area contributed by atoms with Gasteiger partial charge in [0.2, 0.25) is 0 Å². The monoisotopic (exact) mass is 310 g/mol. The lowest BCUT2D eigenvalue weighted by atomic mass is 9.62. The van der Waals surface area contributed by atoms with E-state index < -0.39 is 42.5 Å². The second-order valence-corrected chi connectivity index (χ2v) is 8.35. The van der Waals surface area contributed by atoms with Crippen LogP contribution in [0.15, 0.2) is 0 Å². The number of rotatable bonds is 4. The maximum atomic E-state index is 11.6. The molecular formula is C15H28B2O5. The summed E-state index contributed by atoms with van der Waals surface area (Å²) in [6.45, 7) is 15.9. The minimum atomic E-state index is -0.568. The van der Waals surface area contributed by atoms with Crippen molar-refractivity contribution in [1.82, 2.24) is 0 Å². The van der Waals surface area contributed by atoms with Crippen molar-refractivity contribution < 1.29 is 23.4 Å². The Kier molecular flexibility index (Phi) is 4.36. The molecule has 0 aromatic heterocycles. The average molecular weight is 310 g/mol. The van der Waals surface area contributed by atoms with E-state index in [-0.39, 0.29) is 0 Å². The van der Waals surface area contributed by atoms with Crippen LogP contribution < -0.4 is 0 Å². The van der Waals surface area contributed by atoms with Gasteiger partial charge in [0.15, 0.2) is 0 Å². The molecule has 0 saturated carbocycles. The van der Waals surface area contributed by atoms with E-state index >= 15 is 0 Å². The standard InChI is InChI=1S/C15H28B2O5/c1-12(2)13(3,4)20-16(19-12)9-11(10-18)17-21-14(5,6)15(7,8)22-17/h10-11H,9H2,1-8H3. The number of aldehydes is 1. The SMILES string of the molecule is CC1(C)OB(CC(C=O)B2OC(C)(C)C(C)(C)O2)OC1(C)C. The van der Waals surface area contributed by atoms with E-state index in [1.807, 2.05) is 55.4 Å². The van der Waals surface area contributed by atoms with Crippen LogP contribution in [0, 0.1) is 0 Å². The molecule has 22 heavy (non-hydrogen) atoms. The molecule has 2 aliphatic heterocycles. The van der Waals surface area contributed by atoms with Gasteiger partial charge in [-0.25, -0.2) is 0 Å². The Bertz CT molecular complexity index is 415. The summed E-state index contributed by atoms with van der Waals surface area (Å²) in [5.41, 5.74) is -1.70. The van der Waals surface area contributed by atoms with E-state index in [9.17, 15) is 4.79 Å². The molecule has 1 atom stereocenters. The fraction of sp³-hybridized carbons (Fsp3) is 0.933. The highest BCUT2D eigenvalue weighted by atomic mass is 16.7. The first kappa shape index (κ1) is 18.0. The fourth-order valence-corrected chi connectivity index (χ4v) is 2.58. The smallest absolute Gasteiger partial charge is 0.403 e. The van der Waals surface area contributed by atoms with Gasteiger partial charge in [0.05, 0.1) is 22.4 Å². The molecule has 0 aromatic carbocycles. The third kappa shape index (κ3) is 3.01. The van der Waals surface area contributed by atoms with Crippen LogP contribution in [0.5, 0.6) is 0 Å². The third-order valence-electron chi connectivity index (χ3n) is 5.56. The highest BCUT2D eigenvalue weighted by molar-refractivity contribution is 6.56. The Hall–Kier alpha value is -0.360. The van der Waals surface area contributed by atoms with E-state index in [0.717, 1.165) is 6.29 Å². The molecule has 2 heterocycles. The lowest BCUT2D eigenvalue weighted by Gasteiger charge is -2.32. The van der Waals surface area contributed by atoms with Crippen LogP contribution in [-0.2, 0) is 23.4 Å². The van der Waals surface area contributed by atoms with Crippen LogP contribution in [0.3, 0.4) is 0 Å². The molecule has 7 heteroatoms. The summed E-state index contributed by atoms with van der Waals surface area (Å²) in [5.74, 6) is -0.421. The van der Waals surface area contributed by atoms with Crippen molar-refractivity contribution in [3.63, 3.8) is 0 Å². The lowest BCUT2D eigenvalue weighted by Crippen LogP contribution is -2.41. The first-order valence-corrected chi connectivity index (χ1v) is 7.98. The molecule has 2 fully saturated rings. The largest absolute Gasteiger partial charge is 0.468 e. The highest BCUT2D eigenvalue weighted by Crippen LogP contribution is 2.43. The van der Waals surface area contributed by atoms with E-state index in [1.165, 1.54) is 0 Å². The van der Waals surface area contributed by atoms with Crippen molar-refractivity contribution in [2.24, 2.45) is 0 Å². The van der Waals surface area contributed by atoms with Crippen LogP contribution in [0.4, 0.5) is 0 Å². The molecule has 2 saturated heterocycles. The molecule has 1 unspecified atom stereocenters. The number of carbonyl (C=O) groups excluding carboxylic acids is 1. The number of carbonyl (C=O) groups is 1. The first-order chi connectivity index (χ1) is 9.81. The predicted octanol–water partition coefficient (Wildman–Crippen LogP) is 2.74. The van der Waals surface area contributed by atoms with Gasteiger partial charge in [0, 0.05) is 5.82 Å². The maximum absolute atomic E-state index is 11.6. The molecule has 0 N–H and O–H groups in total. The molecule has 0 aliphatic carbocycles. The van der Waals surface area contributed by atoms with Crippen molar-refractivity contribution in [2.45, 2.75) is 89.9 Å². The summed E-state index contributed by atoms with van der Waals surface area (Å²) in [6.07, 6.45) is 1.31. The van der Waals surface area contributed by atoms with Crippen LogP contribution in [0.2, 0.25) is 12.1 Å². The molecule has 0 radical (unpaired) electrons. The van der Waals surface area contributed by atoms with Gasteiger partial charge < -0.3 is 23.4 Å². The van der Waals surface area contributed by atoms with Crippen LogP contribution in [0.1, 0.15) is 55.4 Å². The zero-order valence-electron chi connectivity index (χ0n) is 15.1. The van der Waals surface area contributed by atoms with Gasteiger partial charge in [-0.1, -0.05) is 0 Å². The zero-order chi connectivity index (χ0) is 17.0. The second kappa shape index (κ2) is 5.33. The van der Waals surface area contributed by atoms with E-state index in [4.69, 9.17) is 18.6 Å². The van der Waals surface area contributed by atoms with Crippen LogP contribution in [-0.4, -0.2) is 42.9 Å². The Morgan fingerprint density at radius 3 is 1.50 bits per heavy atom. The number of hydrogen-bond acceptors (Lipinski definition) is 5. The summed E-state index contributed by atoms with van der Waals surface area (Å²) in [6, 6.07) is 0. The van der Waals surface area contributed by atoms with Gasteiger partial charge in [-0.2, -0.15) is 0 Å². The first-order valence-electron chi connectivity index (χ1n) is 7.98.